The van der Waals surface area contributed by atoms with E-state index >= 15 is 0 Å². The number of hydrogen-bond acceptors (Lipinski definition) is 5. The molecule has 0 spiro atoms. The summed E-state index contributed by atoms with van der Waals surface area (Å²) in [6, 6.07) is 10.3. The van der Waals surface area contributed by atoms with Crippen LogP contribution < -0.4 is 5.43 Å². The van der Waals surface area contributed by atoms with Gasteiger partial charge in [0.05, 0.1) is 21.7 Å². The highest BCUT2D eigenvalue weighted by Crippen LogP contribution is 2.26. The van der Waals surface area contributed by atoms with Gasteiger partial charge in [-0.25, -0.2) is 5.43 Å². The average Bonchev–Trinajstić information content (AvgIpc) is 3.25. The second-order valence-electron chi connectivity index (χ2n) is 6.07. The maximum absolute atomic E-state index is 11.9. The van der Waals surface area contributed by atoms with Gasteiger partial charge in [-0.15, -0.1) is 11.3 Å². The van der Waals surface area contributed by atoms with Crippen molar-refractivity contribution in [3.63, 3.8) is 0 Å². The fourth-order valence-corrected chi connectivity index (χ4v) is 3.48. The van der Waals surface area contributed by atoms with Crippen LogP contribution in [0.15, 0.2) is 46.9 Å². The number of rotatable bonds is 5. The zero-order valence-corrected chi connectivity index (χ0v) is 15.9. The van der Waals surface area contributed by atoms with E-state index in [0.29, 0.717) is 4.88 Å². The average molecular weight is 382 g/mol. The van der Waals surface area contributed by atoms with E-state index in [1.54, 1.807) is 30.5 Å². The molecule has 1 amide bonds. The minimum Gasteiger partial charge on any atom is -0.317 e. The number of nitrogens with one attached hydrogen (secondary N) is 1. The van der Waals surface area contributed by atoms with E-state index < -0.39 is 4.92 Å². The number of thiophene rings is 1. The van der Waals surface area contributed by atoms with Crippen molar-refractivity contribution in [1.29, 1.82) is 0 Å². The molecule has 2 heterocycles. The van der Waals surface area contributed by atoms with Crippen LogP contribution in [-0.4, -0.2) is 21.6 Å². The number of hydrazone groups is 1. The number of carbonyl (C=O) groups excluding carboxylic acids is 1. The first kappa shape index (κ1) is 18.5. The van der Waals surface area contributed by atoms with Crippen molar-refractivity contribution in [2.75, 3.05) is 0 Å². The molecular weight excluding hydrogens is 364 g/mol. The molecule has 0 bridgehead atoms. The first-order valence-electron chi connectivity index (χ1n) is 8.19. The van der Waals surface area contributed by atoms with E-state index in [1.807, 2.05) is 36.8 Å². The van der Waals surface area contributed by atoms with Gasteiger partial charge in [0.1, 0.15) is 0 Å². The van der Waals surface area contributed by atoms with Crippen LogP contribution in [-0.2, 0) is 0 Å². The fraction of sp³-hybridized carbons (Fsp3) is 0.158. The summed E-state index contributed by atoms with van der Waals surface area (Å²) in [6.07, 6.45) is 1.58. The predicted molar refractivity (Wildman–Crippen MR) is 106 cm³/mol. The molecule has 1 N–H and O–H groups in total. The highest BCUT2D eigenvalue weighted by Gasteiger charge is 2.15. The van der Waals surface area contributed by atoms with Gasteiger partial charge in [-0.3, -0.25) is 14.9 Å². The van der Waals surface area contributed by atoms with Crippen LogP contribution in [0.5, 0.6) is 0 Å². The lowest BCUT2D eigenvalue weighted by molar-refractivity contribution is -0.384. The molecular formula is C19H18N4O3S. The van der Waals surface area contributed by atoms with Crippen molar-refractivity contribution < 1.29 is 9.72 Å². The smallest absolute Gasteiger partial charge is 0.281 e. The zero-order valence-electron chi connectivity index (χ0n) is 15.1. The quantitative estimate of drug-likeness (QED) is 0.409. The van der Waals surface area contributed by atoms with Gasteiger partial charge in [0.15, 0.2) is 0 Å². The molecule has 2 aromatic heterocycles. The van der Waals surface area contributed by atoms with Crippen LogP contribution in [0.1, 0.15) is 32.2 Å². The number of aromatic nitrogens is 1. The maximum Gasteiger partial charge on any atom is 0.281 e. The van der Waals surface area contributed by atoms with Gasteiger partial charge in [-0.05, 0) is 43.8 Å². The third kappa shape index (κ3) is 3.80. The minimum atomic E-state index is -0.403. The van der Waals surface area contributed by atoms with Crippen LogP contribution in [0.25, 0.3) is 5.69 Å². The molecule has 0 saturated carbocycles. The van der Waals surface area contributed by atoms with E-state index in [9.17, 15) is 14.9 Å². The van der Waals surface area contributed by atoms with Gasteiger partial charge in [0.2, 0.25) is 0 Å². The normalized spacial score (nSPS) is 11.1. The molecule has 0 saturated heterocycles. The first-order valence-corrected chi connectivity index (χ1v) is 9.07. The van der Waals surface area contributed by atoms with Crippen molar-refractivity contribution in [3.8, 4) is 5.69 Å². The second kappa shape index (κ2) is 7.55. The number of benzene rings is 1. The summed E-state index contributed by atoms with van der Waals surface area (Å²) in [6.45, 7) is 5.74. The number of nitrogens with zero attached hydrogens (tertiary/aromatic N) is 3. The molecule has 0 aliphatic carbocycles. The Morgan fingerprint density at radius 1 is 1.26 bits per heavy atom. The third-order valence-corrected chi connectivity index (χ3v) is 5.10. The van der Waals surface area contributed by atoms with Crippen LogP contribution in [0, 0.1) is 30.9 Å². The number of non-ortho nitro benzene ring substituents is 1. The van der Waals surface area contributed by atoms with E-state index in [-0.39, 0.29) is 11.6 Å². The molecule has 0 fully saturated rings. The molecule has 0 aliphatic rings. The number of hydrogen-bond donors (Lipinski definition) is 1. The van der Waals surface area contributed by atoms with Crippen LogP contribution in [0.2, 0.25) is 0 Å². The van der Waals surface area contributed by atoms with E-state index in [4.69, 9.17) is 0 Å². The minimum absolute atomic E-state index is 0.0431. The number of carbonyl (C=O) groups is 1. The monoisotopic (exact) mass is 382 g/mol. The molecule has 0 aliphatic heterocycles. The summed E-state index contributed by atoms with van der Waals surface area (Å²) in [5, 5.41) is 17.0. The van der Waals surface area contributed by atoms with Gasteiger partial charge in [0, 0.05) is 29.1 Å². The zero-order chi connectivity index (χ0) is 19.6. The summed E-state index contributed by atoms with van der Waals surface area (Å²) in [5.41, 5.74) is 6.85. The molecule has 1 aromatic carbocycles. The Balaban J connectivity index is 1.89. The molecule has 27 heavy (non-hydrogen) atoms. The Bertz CT molecular complexity index is 1040. The summed E-state index contributed by atoms with van der Waals surface area (Å²) in [5.74, 6) is -0.260. The number of aryl methyl sites for hydroxylation is 2. The largest absolute Gasteiger partial charge is 0.317 e. The summed E-state index contributed by atoms with van der Waals surface area (Å²) >= 11 is 1.34. The Morgan fingerprint density at radius 3 is 2.70 bits per heavy atom. The second-order valence-corrected chi connectivity index (χ2v) is 7.01. The van der Waals surface area contributed by atoms with Crippen molar-refractivity contribution in [1.82, 2.24) is 9.99 Å². The number of nitro groups is 1. The van der Waals surface area contributed by atoms with Gasteiger partial charge < -0.3 is 4.57 Å². The Hall–Kier alpha value is -3.26. The molecule has 0 atom stereocenters. The maximum atomic E-state index is 11.9. The van der Waals surface area contributed by atoms with Crippen molar-refractivity contribution in [2.24, 2.45) is 5.10 Å². The molecule has 0 unspecified atom stereocenters. The van der Waals surface area contributed by atoms with Gasteiger partial charge >= 0.3 is 0 Å². The Morgan fingerprint density at radius 2 is 2.04 bits per heavy atom. The topological polar surface area (TPSA) is 89.5 Å². The van der Waals surface area contributed by atoms with Crippen LogP contribution in [0.3, 0.4) is 0 Å². The summed E-state index contributed by atoms with van der Waals surface area (Å²) in [7, 11) is 0. The third-order valence-electron chi connectivity index (χ3n) is 4.23. The van der Waals surface area contributed by atoms with Crippen molar-refractivity contribution in [2.45, 2.75) is 20.8 Å². The van der Waals surface area contributed by atoms with Crippen molar-refractivity contribution >= 4 is 29.1 Å². The first-order chi connectivity index (χ1) is 12.9. The number of amides is 1. The lowest BCUT2D eigenvalue weighted by atomic mass is 10.1. The lowest BCUT2D eigenvalue weighted by Gasteiger charge is -2.12. The molecule has 8 heteroatoms. The van der Waals surface area contributed by atoms with Gasteiger partial charge in [0.25, 0.3) is 11.6 Å². The molecule has 138 valence electrons. The molecule has 0 radical (unpaired) electrons. The fourth-order valence-electron chi connectivity index (χ4n) is 2.86. The van der Waals surface area contributed by atoms with E-state index in [2.05, 4.69) is 10.5 Å². The standard InChI is InChI=1S/C19H18N4O3S/c1-12-6-7-16(23(25)26)10-17(12)22-13(2)9-15(14(22)3)11-20-21-19(24)18-5-4-8-27-18/h4-11H,1-3H3,(H,21,24)/b20-11-. The Labute approximate surface area is 160 Å². The van der Waals surface area contributed by atoms with Gasteiger partial charge in [-0.1, -0.05) is 12.1 Å². The molecule has 3 aromatic rings. The van der Waals surface area contributed by atoms with Crippen LogP contribution >= 0.6 is 11.3 Å². The highest BCUT2D eigenvalue weighted by atomic mass is 32.1. The van der Waals surface area contributed by atoms with Gasteiger partial charge in [-0.2, -0.15) is 5.10 Å². The Kier molecular flexibility index (Phi) is 5.18. The van der Waals surface area contributed by atoms with Crippen molar-refractivity contribution in [3.05, 3.63) is 79.3 Å². The molecule has 3 rings (SSSR count). The summed E-state index contributed by atoms with van der Waals surface area (Å²) < 4.78 is 1.95. The highest BCUT2D eigenvalue weighted by molar-refractivity contribution is 7.12. The summed E-state index contributed by atoms with van der Waals surface area (Å²) in [4.78, 5) is 23.2. The van der Waals surface area contributed by atoms with E-state index in [1.165, 1.54) is 17.4 Å². The van der Waals surface area contributed by atoms with E-state index in [0.717, 1.165) is 28.2 Å². The molecule has 7 nitrogen and oxygen atoms in total. The van der Waals surface area contributed by atoms with Crippen LogP contribution in [0.4, 0.5) is 5.69 Å². The number of nitro benzene ring substituents is 1. The SMILES string of the molecule is Cc1ccc([N+](=O)[O-])cc1-n1c(C)cc(/C=N\NC(=O)c2cccs2)c1C. The lowest BCUT2D eigenvalue weighted by Crippen LogP contribution is -2.16. The predicted octanol–water partition coefficient (Wildman–Crippen LogP) is 4.14.